The lowest BCUT2D eigenvalue weighted by atomic mass is 10.2. The Balaban J connectivity index is 0.00000204. The van der Waals surface area contributed by atoms with Crippen LogP contribution in [0.3, 0.4) is 0 Å². The van der Waals surface area contributed by atoms with E-state index in [1.165, 1.54) is 5.56 Å². The number of halogens is 3. The van der Waals surface area contributed by atoms with Crippen molar-refractivity contribution in [1.82, 2.24) is 19.4 Å². The molecule has 0 saturated heterocycles. The third-order valence-electron chi connectivity index (χ3n) is 5.55. The third kappa shape index (κ3) is 8.82. The number of benzene rings is 1. The van der Waals surface area contributed by atoms with Crippen molar-refractivity contribution in [1.29, 1.82) is 0 Å². The molecule has 0 aliphatic carbocycles. The number of hydrogen-bond donors (Lipinski definition) is 0. The van der Waals surface area contributed by atoms with Crippen LogP contribution in [-0.2, 0) is 20.0 Å². The Labute approximate surface area is 224 Å². The molecular formula is C26H31Cl3N4O2. The van der Waals surface area contributed by atoms with Crippen molar-refractivity contribution in [3.05, 3.63) is 101 Å². The van der Waals surface area contributed by atoms with E-state index in [0.717, 1.165) is 54.8 Å². The normalized spacial score (nSPS) is 10.2. The minimum Gasteiger partial charge on any atom is -0.494 e. The molecule has 0 unspecified atom stereocenters. The molecule has 188 valence electrons. The van der Waals surface area contributed by atoms with Crippen LogP contribution in [0.2, 0.25) is 0 Å². The molecule has 0 aliphatic rings. The first kappa shape index (κ1) is 30.4. The van der Waals surface area contributed by atoms with Gasteiger partial charge in [-0.3, -0.25) is 19.7 Å². The van der Waals surface area contributed by atoms with Gasteiger partial charge in [-0.25, -0.2) is 0 Å². The van der Waals surface area contributed by atoms with Gasteiger partial charge in [0.15, 0.2) is 0 Å². The summed E-state index contributed by atoms with van der Waals surface area (Å²) in [4.78, 5) is 22.8. The molecule has 0 aliphatic heterocycles. The van der Waals surface area contributed by atoms with Crippen LogP contribution >= 0.6 is 37.2 Å². The maximum atomic E-state index is 11.8. The molecule has 0 N–H and O–H groups in total. The number of fused-ring (bicyclic) bond motifs is 1. The molecule has 9 heteroatoms. The predicted molar refractivity (Wildman–Crippen MR) is 148 cm³/mol. The lowest BCUT2D eigenvalue weighted by Crippen LogP contribution is -2.28. The van der Waals surface area contributed by atoms with Crippen LogP contribution in [0.1, 0.15) is 17.7 Å². The van der Waals surface area contributed by atoms with Gasteiger partial charge in [-0.15, -0.1) is 37.2 Å². The van der Waals surface area contributed by atoms with Crippen LogP contribution in [0.25, 0.3) is 10.9 Å². The molecule has 6 nitrogen and oxygen atoms in total. The van der Waals surface area contributed by atoms with Gasteiger partial charge in [0.25, 0.3) is 5.56 Å². The fraction of sp³-hybridized carbons (Fsp3) is 0.269. The van der Waals surface area contributed by atoms with Crippen molar-refractivity contribution in [2.75, 3.05) is 19.7 Å². The SMILES string of the molecule is Cl.Cl.Cl.Cn1c(=O)ccc2cc(OCCCN(CCc3ccccn3)Cc3ccncc3)ccc21. The molecule has 0 spiro atoms. The van der Waals surface area contributed by atoms with Gasteiger partial charge in [-0.05, 0) is 60.5 Å². The van der Waals surface area contributed by atoms with E-state index in [2.05, 4.69) is 33.1 Å². The number of rotatable bonds is 10. The van der Waals surface area contributed by atoms with E-state index >= 15 is 0 Å². The van der Waals surface area contributed by atoms with E-state index in [1.54, 1.807) is 17.7 Å². The predicted octanol–water partition coefficient (Wildman–Crippen LogP) is 5.11. The molecule has 0 fully saturated rings. The number of ether oxygens (including phenoxy) is 1. The van der Waals surface area contributed by atoms with Gasteiger partial charge in [0.2, 0.25) is 0 Å². The van der Waals surface area contributed by atoms with E-state index < -0.39 is 0 Å². The topological polar surface area (TPSA) is 60.2 Å². The molecule has 3 heterocycles. The van der Waals surface area contributed by atoms with Gasteiger partial charge < -0.3 is 9.30 Å². The molecule has 4 aromatic rings. The number of aromatic nitrogens is 3. The first-order chi connectivity index (χ1) is 15.7. The molecule has 0 radical (unpaired) electrons. The van der Waals surface area contributed by atoms with Gasteiger partial charge in [0, 0.05) is 68.8 Å². The van der Waals surface area contributed by atoms with Crippen molar-refractivity contribution in [2.24, 2.45) is 7.05 Å². The molecule has 1 aromatic carbocycles. The van der Waals surface area contributed by atoms with E-state index in [0.29, 0.717) is 6.61 Å². The number of nitrogens with zero attached hydrogens (tertiary/aromatic N) is 4. The second kappa shape index (κ2) is 15.4. The van der Waals surface area contributed by atoms with Crippen molar-refractivity contribution in [3.63, 3.8) is 0 Å². The Morgan fingerprint density at radius 3 is 2.46 bits per heavy atom. The Hall–Kier alpha value is -2.64. The smallest absolute Gasteiger partial charge is 0.250 e. The average molecular weight is 538 g/mol. The summed E-state index contributed by atoms with van der Waals surface area (Å²) >= 11 is 0. The Kier molecular flexibility index (Phi) is 13.3. The number of aryl methyl sites for hydroxylation is 1. The zero-order chi connectivity index (χ0) is 22.2. The second-order valence-corrected chi connectivity index (χ2v) is 7.86. The highest BCUT2D eigenvalue weighted by atomic mass is 35.5. The number of hydrogen-bond acceptors (Lipinski definition) is 5. The summed E-state index contributed by atoms with van der Waals surface area (Å²) in [5.41, 5.74) is 3.25. The average Bonchev–Trinajstić information content (AvgIpc) is 2.84. The molecule has 0 saturated carbocycles. The minimum absolute atomic E-state index is 0. The number of pyridine rings is 3. The van der Waals surface area contributed by atoms with Crippen LogP contribution in [0.15, 0.2) is 84.0 Å². The minimum atomic E-state index is -0.00819. The van der Waals surface area contributed by atoms with Crippen LogP contribution in [-0.4, -0.2) is 39.1 Å². The Morgan fingerprint density at radius 2 is 1.71 bits per heavy atom. The zero-order valence-electron chi connectivity index (χ0n) is 19.6. The van der Waals surface area contributed by atoms with Crippen molar-refractivity contribution in [3.8, 4) is 5.75 Å². The maximum absolute atomic E-state index is 11.8. The first-order valence-electron chi connectivity index (χ1n) is 10.9. The fourth-order valence-electron chi connectivity index (χ4n) is 3.77. The first-order valence-corrected chi connectivity index (χ1v) is 10.9. The summed E-state index contributed by atoms with van der Waals surface area (Å²) in [5, 5.41) is 0.999. The molecule has 0 amide bonds. The van der Waals surface area contributed by atoms with Gasteiger partial charge in [0.1, 0.15) is 5.75 Å². The molecular weight excluding hydrogens is 507 g/mol. The molecule has 4 rings (SSSR count). The lowest BCUT2D eigenvalue weighted by Gasteiger charge is -2.22. The summed E-state index contributed by atoms with van der Waals surface area (Å²) in [6, 6.07) is 19.5. The second-order valence-electron chi connectivity index (χ2n) is 7.86. The van der Waals surface area contributed by atoms with Crippen molar-refractivity contribution >= 4 is 48.1 Å². The summed E-state index contributed by atoms with van der Waals surface area (Å²) in [5.74, 6) is 0.824. The van der Waals surface area contributed by atoms with E-state index in [9.17, 15) is 4.79 Å². The molecule has 0 bridgehead atoms. The Bertz CT molecular complexity index is 1210. The highest BCUT2D eigenvalue weighted by molar-refractivity contribution is 5.86. The molecule has 35 heavy (non-hydrogen) atoms. The van der Waals surface area contributed by atoms with Gasteiger partial charge in [0.05, 0.1) is 12.1 Å². The monoisotopic (exact) mass is 536 g/mol. The maximum Gasteiger partial charge on any atom is 0.250 e. The quantitative estimate of drug-likeness (QED) is 0.263. The lowest BCUT2D eigenvalue weighted by molar-refractivity contribution is 0.229. The standard InChI is InChI=1S/C26H28N4O2.3ClH/c1-29-25-8-7-24(19-22(25)6-9-26(29)31)32-18-4-16-30(20-21-10-14-27-15-11-21)17-12-23-5-2-3-13-28-23;;;/h2-3,5-11,13-15,19H,4,12,16-18,20H2,1H3;3*1H. The summed E-state index contributed by atoms with van der Waals surface area (Å²) in [7, 11) is 1.79. The van der Waals surface area contributed by atoms with Crippen molar-refractivity contribution < 1.29 is 4.74 Å². The van der Waals surface area contributed by atoms with Crippen LogP contribution in [0.5, 0.6) is 5.75 Å². The van der Waals surface area contributed by atoms with Gasteiger partial charge >= 0.3 is 0 Å². The van der Waals surface area contributed by atoms with Crippen LogP contribution < -0.4 is 10.3 Å². The Morgan fingerprint density at radius 1 is 0.914 bits per heavy atom. The van der Waals surface area contributed by atoms with Crippen LogP contribution in [0.4, 0.5) is 0 Å². The van der Waals surface area contributed by atoms with Gasteiger partial charge in [-0.1, -0.05) is 6.07 Å². The van der Waals surface area contributed by atoms with E-state index in [1.807, 2.05) is 55.0 Å². The highest BCUT2D eigenvalue weighted by Gasteiger charge is 2.08. The summed E-state index contributed by atoms with van der Waals surface area (Å²) < 4.78 is 7.66. The van der Waals surface area contributed by atoms with Gasteiger partial charge in [-0.2, -0.15) is 0 Å². The molecule has 3 aromatic heterocycles. The van der Waals surface area contributed by atoms with E-state index in [-0.39, 0.29) is 42.8 Å². The fourth-order valence-corrected chi connectivity index (χ4v) is 3.77. The summed E-state index contributed by atoms with van der Waals surface area (Å²) in [6.07, 6.45) is 7.35. The highest BCUT2D eigenvalue weighted by Crippen LogP contribution is 2.19. The molecule has 0 atom stereocenters. The summed E-state index contributed by atoms with van der Waals surface area (Å²) in [6.45, 7) is 3.37. The zero-order valence-corrected chi connectivity index (χ0v) is 22.0. The third-order valence-corrected chi connectivity index (χ3v) is 5.55. The van der Waals surface area contributed by atoms with Crippen LogP contribution in [0, 0.1) is 0 Å². The van der Waals surface area contributed by atoms with Crippen molar-refractivity contribution in [2.45, 2.75) is 19.4 Å². The largest absolute Gasteiger partial charge is 0.494 e. The van der Waals surface area contributed by atoms with E-state index in [4.69, 9.17) is 4.74 Å².